The van der Waals surface area contributed by atoms with Crippen LogP contribution >= 0.6 is 0 Å². The summed E-state index contributed by atoms with van der Waals surface area (Å²) in [6, 6.07) is 0.327. The number of rotatable bonds is 7. The summed E-state index contributed by atoms with van der Waals surface area (Å²) in [6.07, 6.45) is 0.0224. The van der Waals surface area contributed by atoms with E-state index >= 15 is 0 Å². The van der Waals surface area contributed by atoms with Crippen molar-refractivity contribution in [2.45, 2.75) is 59.6 Å². The van der Waals surface area contributed by atoms with Crippen LogP contribution in [0.3, 0.4) is 0 Å². The Morgan fingerprint density at radius 1 is 1.33 bits per heavy atom. The number of aliphatic imine (C=N–C) groups is 1. The lowest BCUT2D eigenvalue weighted by atomic mass is 10.0. The van der Waals surface area contributed by atoms with Crippen molar-refractivity contribution in [1.29, 1.82) is 0 Å². The van der Waals surface area contributed by atoms with Gasteiger partial charge in [0.25, 0.3) is 0 Å². The van der Waals surface area contributed by atoms with Crippen LogP contribution < -0.4 is 11.1 Å². The Morgan fingerprint density at radius 3 is 2.56 bits per heavy atom. The highest BCUT2D eigenvalue weighted by molar-refractivity contribution is 6.43. The van der Waals surface area contributed by atoms with Crippen LogP contribution in [-0.4, -0.2) is 67.1 Å². The first-order valence-corrected chi connectivity index (χ1v) is 9.46. The normalized spacial score (nSPS) is 16.0. The van der Waals surface area contributed by atoms with Gasteiger partial charge in [-0.05, 0) is 27.7 Å². The zero-order valence-electron chi connectivity index (χ0n) is 17.4. The number of hydrogen-bond acceptors (Lipinski definition) is 7. The minimum absolute atomic E-state index is 0.177. The number of carbonyl (C=O) groups is 2. The summed E-state index contributed by atoms with van der Waals surface area (Å²) in [5.74, 6) is -0.522. The highest BCUT2D eigenvalue weighted by Gasteiger charge is 2.30. The topological polar surface area (TPSA) is 106 Å². The van der Waals surface area contributed by atoms with Crippen LogP contribution in [0.1, 0.15) is 48.0 Å². The number of nitrogens with one attached hydrogen (secondary N) is 1. The monoisotopic (exact) mass is 382 g/mol. The van der Waals surface area contributed by atoms with Crippen LogP contribution in [0.5, 0.6) is 0 Å². The Balaban J connectivity index is 2.98. The lowest BCUT2D eigenvalue weighted by Crippen LogP contribution is -2.44. The number of hydrogen-bond donors (Lipinski definition) is 2. The number of nitrogens with two attached hydrogens (primary N) is 1. The zero-order valence-corrected chi connectivity index (χ0v) is 17.4. The van der Waals surface area contributed by atoms with Crippen LogP contribution in [0.15, 0.2) is 16.3 Å². The van der Waals surface area contributed by atoms with Crippen molar-refractivity contribution in [3.63, 3.8) is 0 Å². The lowest BCUT2D eigenvalue weighted by molar-refractivity contribution is -0.135. The van der Waals surface area contributed by atoms with E-state index in [1.54, 1.807) is 6.92 Å². The molecule has 8 heteroatoms. The van der Waals surface area contributed by atoms with Crippen molar-refractivity contribution in [3.8, 4) is 0 Å². The first-order chi connectivity index (χ1) is 12.5. The van der Waals surface area contributed by atoms with Crippen molar-refractivity contribution in [1.82, 2.24) is 10.2 Å². The Kier molecular flexibility index (Phi) is 8.75. The molecule has 0 aromatic carbocycles. The summed E-state index contributed by atoms with van der Waals surface area (Å²) < 4.78 is 10.6. The van der Waals surface area contributed by atoms with Crippen molar-refractivity contribution in [2.24, 2.45) is 10.7 Å². The summed E-state index contributed by atoms with van der Waals surface area (Å²) in [4.78, 5) is 30.8. The smallest absolute Gasteiger partial charge is 0.410 e. The molecular weight excluding hydrogens is 348 g/mol. The summed E-state index contributed by atoms with van der Waals surface area (Å²) in [6.45, 7) is 13.1. The summed E-state index contributed by atoms with van der Waals surface area (Å²) in [5.41, 5.74) is 6.84. The van der Waals surface area contributed by atoms with Crippen LogP contribution in [0.2, 0.25) is 0 Å². The third-order valence-electron chi connectivity index (χ3n) is 3.73. The molecule has 3 N–H and O–H groups in total. The second-order valence-electron chi connectivity index (χ2n) is 7.72. The fourth-order valence-corrected chi connectivity index (χ4v) is 2.49. The molecule has 1 rings (SSSR count). The van der Waals surface area contributed by atoms with Gasteiger partial charge in [-0.15, -0.1) is 0 Å². The second kappa shape index (κ2) is 10.3. The average Bonchev–Trinajstić information content (AvgIpc) is 2.54. The van der Waals surface area contributed by atoms with Crippen LogP contribution in [0, 0.1) is 0 Å². The SMILES string of the molecule is CCOC(=O)C(=NCCNC(C)C)C1=C(N)CCN(C(=O)OC(C)(C)C)C1. The molecule has 1 aliphatic heterocycles. The van der Waals surface area contributed by atoms with Gasteiger partial charge in [-0.1, -0.05) is 13.8 Å². The van der Waals surface area contributed by atoms with E-state index in [0.717, 1.165) is 0 Å². The van der Waals surface area contributed by atoms with Gasteiger partial charge in [0.1, 0.15) is 11.3 Å². The molecule has 0 saturated carbocycles. The van der Waals surface area contributed by atoms with Gasteiger partial charge in [0.05, 0.1) is 19.7 Å². The number of amides is 1. The first-order valence-electron chi connectivity index (χ1n) is 9.46. The van der Waals surface area contributed by atoms with Gasteiger partial charge in [0, 0.05) is 36.8 Å². The zero-order chi connectivity index (χ0) is 20.6. The molecule has 0 saturated heterocycles. The quantitative estimate of drug-likeness (QED) is 0.395. The van der Waals surface area contributed by atoms with Crippen molar-refractivity contribution in [3.05, 3.63) is 11.3 Å². The van der Waals surface area contributed by atoms with Crippen LogP contribution in [-0.2, 0) is 14.3 Å². The van der Waals surface area contributed by atoms with E-state index in [-0.39, 0.29) is 18.9 Å². The molecule has 0 spiro atoms. The van der Waals surface area contributed by atoms with Gasteiger partial charge in [0.2, 0.25) is 0 Å². The van der Waals surface area contributed by atoms with E-state index in [1.807, 2.05) is 34.6 Å². The maximum Gasteiger partial charge on any atom is 0.410 e. The molecule has 0 bridgehead atoms. The Hall–Kier alpha value is -2.09. The number of carbonyl (C=O) groups excluding carboxylic acids is 2. The fraction of sp³-hybridized carbons (Fsp3) is 0.737. The van der Waals surface area contributed by atoms with Crippen LogP contribution in [0.25, 0.3) is 0 Å². The molecular formula is C19H34N4O4. The molecule has 0 fully saturated rings. The van der Waals surface area contributed by atoms with Crippen molar-refractivity contribution < 1.29 is 19.1 Å². The molecule has 1 aliphatic rings. The van der Waals surface area contributed by atoms with Gasteiger partial charge in [-0.3, -0.25) is 4.99 Å². The van der Waals surface area contributed by atoms with Gasteiger partial charge in [-0.25, -0.2) is 9.59 Å². The Labute approximate surface area is 162 Å². The molecule has 154 valence electrons. The third kappa shape index (κ3) is 7.99. The maximum atomic E-state index is 12.4. The van der Waals surface area contributed by atoms with Gasteiger partial charge >= 0.3 is 12.1 Å². The predicted octanol–water partition coefficient (Wildman–Crippen LogP) is 1.84. The minimum Gasteiger partial charge on any atom is -0.461 e. The molecule has 1 amide bonds. The van der Waals surface area contributed by atoms with Gasteiger partial charge in [0.15, 0.2) is 0 Å². The van der Waals surface area contributed by atoms with Crippen LogP contribution in [0.4, 0.5) is 4.79 Å². The molecule has 0 aromatic heterocycles. The molecule has 0 aromatic rings. The lowest BCUT2D eigenvalue weighted by Gasteiger charge is -2.31. The molecule has 0 unspecified atom stereocenters. The summed E-state index contributed by atoms with van der Waals surface area (Å²) in [5, 5.41) is 3.25. The molecule has 27 heavy (non-hydrogen) atoms. The molecule has 1 heterocycles. The fourth-order valence-electron chi connectivity index (χ4n) is 2.49. The molecule has 8 nitrogen and oxygen atoms in total. The van der Waals surface area contributed by atoms with Gasteiger partial charge < -0.3 is 25.4 Å². The number of ether oxygens (including phenoxy) is 2. The van der Waals surface area contributed by atoms with E-state index in [2.05, 4.69) is 10.3 Å². The predicted molar refractivity (Wildman–Crippen MR) is 106 cm³/mol. The average molecular weight is 383 g/mol. The third-order valence-corrected chi connectivity index (χ3v) is 3.73. The second-order valence-corrected chi connectivity index (χ2v) is 7.72. The summed E-state index contributed by atoms with van der Waals surface area (Å²) in [7, 11) is 0. The molecule has 0 aliphatic carbocycles. The van der Waals surface area contributed by atoms with E-state index in [4.69, 9.17) is 15.2 Å². The highest BCUT2D eigenvalue weighted by Crippen LogP contribution is 2.19. The minimum atomic E-state index is -0.593. The standard InChI is InChI=1S/C19H34N4O4/c1-7-26-17(24)16(22-10-9-21-13(2)3)14-12-23(11-8-15(14)20)18(25)27-19(4,5)6/h13,21H,7-12,20H2,1-6H3. The molecule has 0 radical (unpaired) electrons. The van der Waals surface area contributed by atoms with Gasteiger partial charge in [-0.2, -0.15) is 0 Å². The van der Waals surface area contributed by atoms with E-state index in [1.165, 1.54) is 4.90 Å². The van der Waals surface area contributed by atoms with E-state index in [0.29, 0.717) is 43.4 Å². The maximum absolute atomic E-state index is 12.4. The highest BCUT2D eigenvalue weighted by atomic mass is 16.6. The van der Waals surface area contributed by atoms with E-state index in [9.17, 15) is 9.59 Å². The Bertz CT molecular complexity index is 591. The number of nitrogens with zero attached hydrogens (tertiary/aromatic N) is 2. The van der Waals surface area contributed by atoms with Crippen molar-refractivity contribution in [2.75, 3.05) is 32.8 Å². The largest absolute Gasteiger partial charge is 0.461 e. The van der Waals surface area contributed by atoms with Crippen molar-refractivity contribution >= 4 is 17.8 Å². The Morgan fingerprint density at radius 2 is 2.00 bits per heavy atom. The van der Waals surface area contributed by atoms with E-state index < -0.39 is 17.7 Å². The first kappa shape index (κ1) is 23.0. The number of esters is 1. The summed E-state index contributed by atoms with van der Waals surface area (Å²) >= 11 is 0. The molecule has 0 atom stereocenters.